The molecule has 0 spiro atoms. The van der Waals surface area contributed by atoms with Crippen LogP contribution in [-0.2, 0) is 0 Å². The lowest BCUT2D eigenvalue weighted by atomic mass is 10.0. The maximum atomic E-state index is 13.0. The van der Waals surface area contributed by atoms with Crippen LogP contribution < -0.4 is 15.2 Å². The zero-order valence-corrected chi connectivity index (χ0v) is 13.5. The number of primary amides is 1. The van der Waals surface area contributed by atoms with Crippen molar-refractivity contribution >= 4 is 5.91 Å². The van der Waals surface area contributed by atoms with Crippen LogP contribution in [-0.4, -0.2) is 29.6 Å². The van der Waals surface area contributed by atoms with Gasteiger partial charge in [0.2, 0.25) is 5.88 Å². The Morgan fingerprint density at radius 2 is 2.04 bits per heavy atom. The van der Waals surface area contributed by atoms with E-state index in [-0.39, 0.29) is 16.9 Å². The van der Waals surface area contributed by atoms with Crippen LogP contribution in [0.25, 0.3) is 11.1 Å². The molecule has 2 N–H and O–H groups in total. The second-order valence-corrected chi connectivity index (χ2v) is 5.80. The highest BCUT2D eigenvalue weighted by molar-refractivity contribution is 6.00. The fourth-order valence-electron chi connectivity index (χ4n) is 2.37. The van der Waals surface area contributed by atoms with E-state index >= 15 is 0 Å². The summed E-state index contributed by atoms with van der Waals surface area (Å²) >= 11 is 0. The number of carbonyl (C=O) groups is 1. The van der Waals surface area contributed by atoms with E-state index in [1.165, 1.54) is 31.6 Å². The van der Waals surface area contributed by atoms with Crippen molar-refractivity contribution < 1.29 is 23.0 Å². The molecule has 1 saturated carbocycles. The van der Waals surface area contributed by atoms with Crippen LogP contribution in [0.4, 0.5) is 8.78 Å². The molecule has 1 amide bonds. The smallest absolute Gasteiger partial charge is 0.280 e. The van der Waals surface area contributed by atoms with Crippen molar-refractivity contribution in [3.63, 3.8) is 0 Å². The standard InChI is InChI=1S/C17H17F2N3O3/c1-24-14-7-21-13(16(18)19)4-11(14)10-5-15(25-8-9-2-3-9)22-6-12(10)17(20)23/h4-7,9,16H,2-3,8H2,1H3,(H2,20,23). The summed E-state index contributed by atoms with van der Waals surface area (Å²) in [5.74, 6) is 0.325. The van der Waals surface area contributed by atoms with E-state index in [0.717, 1.165) is 12.8 Å². The zero-order chi connectivity index (χ0) is 18.0. The second-order valence-electron chi connectivity index (χ2n) is 5.80. The van der Waals surface area contributed by atoms with Gasteiger partial charge in [0.1, 0.15) is 11.4 Å². The largest absolute Gasteiger partial charge is 0.494 e. The molecule has 0 aliphatic heterocycles. The van der Waals surface area contributed by atoms with Crippen LogP contribution in [0, 0.1) is 5.92 Å². The van der Waals surface area contributed by atoms with Gasteiger partial charge in [0.25, 0.3) is 12.3 Å². The predicted octanol–water partition coefficient (Wildman–Crippen LogP) is 2.98. The molecule has 2 heterocycles. The van der Waals surface area contributed by atoms with E-state index in [2.05, 4.69) is 9.97 Å². The normalized spacial score (nSPS) is 13.8. The summed E-state index contributed by atoms with van der Waals surface area (Å²) in [4.78, 5) is 19.5. The number of alkyl halides is 2. The van der Waals surface area contributed by atoms with Crippen LogP contribution in [0.5, 0.6) is 11.6 Å². The van der Waals surface area contributed by atoms with Crippen molar-refractivity contribution in [3.8, 4) is 22.8 Å². The van der Waals surface area contributed by atoms with Gasteiger partial charge in [-0.3, -0.25) is 9.78 Å². The van der Waals surface area contributed by atoms with E-state index in [0.29, 0.717) is 24.0 Å². The first-order valence-corrected chi connectivity index (χ1v) is 7.74. The van der Waals surface area contributed by atoms with Gasteiger partial charge in [0, 0.05) is 23.4 Å². The van der Waals surface area contributed by atoms with Crippen molar-refractivity contribution in [1.29, 1.82) is 0 Å². The molecule has 0 bridgehead atoms. The Morgan fingerprint density at radius 3 is 2.64 bits per heavy atom. The highest BCUT2D eigenvalue weighted by Crippen LogP contribution is 2.36. The molecule has 6 nitrogen and oxygen atoms in total. The number of pyridine rings is 2. The molecule has 0 unspecified atom stereocenters. The summed E-state index contributed by atoms with van der Waals surface area (Å²) < 4.78 is 36.8. The molecule has 132 valence electrons. The van der Waals surface area contributed by atoms with E-state index in [1.54, 1.807) is 0 Å². The van der Waals surface area contributed by atoms with Crippen molar-refractivity contribution in [3.05, 3.63) is 35.8 Å². The molecular weight excluding hydrogens is 332 g/mol. The van der Waals surface area contributed by atoms with Gasteiger partial charge in [0.15, 0.2) is 0 Å². The number of nitrogens with zero attached hydrogens (tertiary/aromatic N) is 2. The number of methoxy groups -OCH3 is 1. The maximum absolute atomic E-state index is 13.0. The third-order valence-electron chi connectivity index (χ3n) is 3.93. The Balaban J connectivity index is 2.07. The molecule has 1 fully saturated rings. The minimum absolute atomic E-state index is 0.0866. The average Bonchev–Trinajstić information content (AvgIpc) is 3.43. The predicted molar refractivity (Wildman–Crippen MR) is 85.7 cm³/mol. The SMILES string of the molecule is COc1cnc(C(F)F)cc1-c1cc(OCC2CC2)ncc1C(N)=O. The lowest BCUT2D eigenvalue weighted by molar-refractivity contribution is 0.100. The van der Waals surface area contributed by atoms with E-state index in [9.17, 15) is 13.6 Å². The minimum atomic E-state index is -2.76. The monoisotopic (exact) mass is 349 g/mol. The van der Waals surface area contributed by atoms with Crippen molar-refractivity contribution in [1.82, 2.24) is 9.97 Å². The zero-order valence-electron chi connectivity index (χ0n) is 13.5. The number of halogens is 2. The van der Waals surface area contributed by atoms with Gasteiger partial charge in [-0.05, 0) is 24.8 Å². The van der Waals surface area contributed by atoms with E-state index < -0.39 is 18.0 Å². The Labute approximate surface area is 143 Å². The first kappa shape index (κ1) is 17.1. The molecule has 1 aliphatic rings. The van der Waals surface area contributed by atoms with Gasteiger partial charge in [0.05, 0.1) is 25.5 Å². The fourth-order valence-corrected chi connectivity index (χ4v) is 2.37. The molecule has 8 heteroatoms. The minimum Gasteiger partial charge on any atom is -0.494 e. The lowest BCUT2D eigenvalue weighted by Gasteiger charge is -2.14. The van der Waals surface area contributed by atoms with Crippen molar-refractivity contribution in [2.24, 2.45) is 11.7 Å². The van der Waals surface area contributed by atoms with Gasteiger partial charge in [-0.1, -0.05) is 0 Å². The number of carbonyl (C=O) groups excluding carboxylic acids is 1. The quantitative estimate of drug-likeness (QED) is 0.830. The third-order valence-corrected chi connectivity index (χ3v) is 3.93. The van der Waals surface area contributed by atoms with Crippen LogP contribution in [0.1, 0.15) is 35.3 Å². The van der Waals surface area contributed by atoms with E-state index in [4.69, 9.17) is 15.2 Å². The van der Waals surface area contributed by atoms with Crippen LogP contribution in [0.15, 0.2) is 24.5 Å². The van der Waals surface area contributed by atoms with Crippen LogP contribution in [0.3, 0.4) is 0 Å². The molecule has 2 aromatic heterocycles. The second kappa shape index (κ2) is 7.00. The Hall–Kier alpha value is -2.77. The average molecular weight is 349 g/mol. The first-order valence-electron chi connectivity index (χ1n) is 7.74. The number of hydrogen-bond acceptors (Lipinski definition) is 5. The molecule has 0 radical (unpaired) electrons. The number of aromatic nitrogens is 2. The molecule has 3 rings (SSSR count). The molecule has 0 atom stereocenters. The number of hydrogen-bond donors (Lipinski definition) is 1. The molecular formula is C17H17F2N3O3. The highest BCUT2D eigenvalue weighted by atomic mass is 19.3. The lowest BCUT2D eigenvalue weighted by Crippen LogP contribution is -2.14. The number of ether oxygens (including phenoxy) is 2. The summed E-state index contributed by atoms with van der Waals surface area (Å²) in [7, 11) is 1.39. The summed E-state index contributed by atoms with van der Waals surface area (Å²) in [5, 5.41) is 0. The Kier molecular flexibility index (Phi) is 4.78. The first-order chi connectivity index (χ1) is 12.0. The molecule has 0 saturated heterocycles. The van der Waals surface area contributed by atoms with Crippen molar-refractivity contribution in [2.45, 2.75) is 19.3 Å². The Morgan fingerprint density at radius 1 is 1.28 bits per heavy atom. The highest BCUT2D eigenvalue weighted by Gasteiger charge is 2.23. The summed E-state index contributed by atoms with van der Waals surface area (Å²) in [5.41, 5.74) is 5.65. The molecule has 1 aliphatic carbocycles. The van der Waals surface area contributed by atoms with Gasteiger partial charge in [-0.25, -0.2) is 13.8 Å². The Bertz CT molecular complexity index is 795. The summed E-state index contributed by atoms with van der Waals surface area (Å²) in [6, 6.07) is 2.69. The fraction of sp³-hybridized carbons (Fsp3) is 0.353. The number of nitrogens with two attached hydrogens (primary N) is 1. The topological polar surface area (TPSA) is 87.3 Å². The van der Waals surface area contributed by atoms with Crippen LogP contribution in [0.2, 0.25) is 0 Å². The van der Waals surface area contributed by atoms with Crippen LogP contribution >= 0.6 is 0 Å². The van der Waals surface area contributed by atoms with Gasteiger partial charge in [-0.2, -0.15) is 0 Å². The van der Waals surface area contributed by atoms with Gasteiger partial charge in [-0.15, -0.1) is 0 Å². The van der Waals surface area contributed by atoms with E-state index in [1.807, 2.05) is 0 Å². The molecule has 0 aromatic carbocycles. The number of amides is 1. The van der Waals surface area contributed by atoms with Gasteiger partial charge >= 0.3 is 0 Å². The summed E-state index contributed by atoms with van der Waals surface area (Å²) in [6.45, 7) is 0.526. The van der Waals surface area contributed by atoms with Gasteiger partial charge < -0.3 is 15.2 Å². The maximum Gasteiger partial charge on any atom is 0.280 e. The number of rotatable bonds is 7. The van der Waals surface area contributed by atoms with Crippen molar-refractivity contribution in [2.75, 3.05) is 13.7 Å². The summed E-state index contributed by atoms with van der Waals surface area (Å²) in [6.07, 6.45) is 1.94. The third kappa shape index (κ3) is 3.84. The molecule has 2 aromatic rings. The molecule has 25 heavy (non-hydrogen) atoms.